The van der Waals surface area contributed by atoms with Crippen LogP contribution in [0.1, 0.15) is 51.4 Å². The Hall–Kier alpha value is -1.40. The second-order valence-electron chi connectivity index (χ2n) is 9.11. The number of aromatic amines is 1. The van der Waals surface area contributed by atoms with E-state index in [1.54, 1.807) is 0 Å². The second kappa shape index (κ2) is 6.72. The molecule has 0 unspecified atom stereocenters. The van der Waals surface area contributed by atoms with Gasteiger partial charge in [-0.2, -0.15) is 5.10 Å². The van der Waals surface area contributed by atoms with Gasteiger partial charge in [0.25, 0.3) is 0 Å². The van der Waals surface area contributed by atoms with E-state index < -0.39 is 0 Å². The highest BCUT2D eigenvalue weighted by atomic mass is 16.2. The molecule has 25 heavy (non-hydrogen) atoms. The standard InChI is InChI=1S/C19H33N5O/c1-18(2,3)16-10-14(21-22-16)12-23(4)17(25)15-11-19(13-24(15)5)6-8-20-9-7-19/h10,15,20H,6-9,11-13H2,1-5H3,(H,21,22)/t15-/m0/s1. The quantitative estimate of drug-likeness (QED) is 0.874. The van der Waals surface area contributed by atoms with Crippen molar-refractivity contribution in [2.75, 3.05) is 33.7 Å². The van der Waals surface area contributed by atoms with Gasteiger partial charge in [0.2, 0.25) is 5.91 Å². The van der Waals surface area contributed by atoms with Crippen LogP contribution in [0.2, 0.25) is 0 Å². The number of piperidine rings is 1. The Morgan fingerprint density at radius 1 is 1.40 bits per heavy atom. The number of hydrogen-bond acceptors (Lipinski definition) is 4. The minimum Gasteiger partial charge on any atom is -0.339 e. The molecule has 140 valence electrons. The molecule has 0 aliphatic carbocycles. The van der Waals surface area contributed by atoms with Crippen molar-refractivity contribution < 1.29 is 4.79 Å². The number of H-pyrrole nitrogens is 1. The summed E-state index contributed by atoms with van der Waals surface area (Å²) in [6, 6.07) is 2.09. The molecule has 2 fully saturated rings. The monoisotopic (exact) mass is 347 g/mol. The number of nitrogens with one attached hydrogen (secondary N) is 2. The number of hydrogen-bond donors (Lipinski definition) is 2. The second-order valence-corrected chi connectivity index (χ2v) is 9.11. The lowest BCUT2D eigenvalue weighted by molar-refractivity contribution is -0.134. The molecule has 2 aliphatic heterocycles. The molecule has 6 nitrogen and oxygen atoms in total. The molecule has 6 heteroatoms. The maximum Gasteiger partial charge on any atom is 0.240 e. The van der Waals surface area contributed by atoms with Gasteiger partial charge in [-0.25, -0.2) is 0 Å². The molecule has 3 heterocycles. The number of aromatic nitrogens is 2. The third kappa shape index (κ3) is 3.90. The Balaban J connectivity index is 1.63. The molecule has 2 N–H and O–H groups in total. The van der Waals surface area contributed by atoms with Crippen LogP contribution < -0.4 is 5.32 Å². The Morgan fingerprint density at radius 3 is 2.68 bits per heavy atom. The minimum absolute atomic E-state index is 0.00751. The normalized spacial score (nSPS) is 24.0. The van der Waals surface area contributed by atoms with Gasteiger partial charge in [-0.1, -0.05) is 20.8 Å². The van der Waals surface area contributed by atoms with Gasteiger partial charge in [-0.3, -0.25) is 14.8 Å². The summed E-state index contributed by atoms with van der Waals surface area (Å²) >= 11 is 0. The van der Waals surface area contributed by atoms with Crippen molar-refractivity contribution in [2.45, 2.75) is 58.0 Å². The highest BCUT2D eigenvalue weighted by molar-refractivity contribution is 5.82. The van der Waals surface area contributed by atoms with Crippen LogP contribution in [0.5, 0.6) is 0 Å². The van der Waals surface area contributed by atoms with Crippen LogP contribution in [0.4, 0.5) is 0 Å². The van der Waals surface area contributed by atoms with Crippen molar-refractivity contribution in [3.8, 4) is 0 Å². The number of rotatable bonds is 3. The Morgan fingerprint density at radius 2 is 2.08 bits per heavy atom. The van der Waals surface area contributed by atoms with Crippen LogP contribution in [0.15, 0.2) is 6.07 Å². The predicted molar refractivity (Wildman–Crippen MR) is 99.3 cm³/mol. The van der Waals surface area contributed by atoms with Gasteiger partial charge in [0.15, 0.2) is 0 Å². The van der Waals surface area contributed by atoms with Crippen LogP contribution in [-0.4, -0.2) is 65.7 Å². The lowest BCUT2D eigenvalue weighted by Crippen LogP contribution is -2.42. The molecule has 2 saturated heterocycles. The van der Waals surface area contributed by atoms with Crippen LogP contribution in [0.25, 0.3) is 0 Å². The number of amides is 1. The Bertz CT molecular complexity index is 612. The zero-order valence-electron chi connectivity index (χ0n) is 16.4. The average molecular weight is 348 g/mol. The molecule has 0 radical (unpaired) electrons. The minimum atomic E-state index is 0.00751. The smallest absolute Gasteiger partial charge is 0.240 e. The van der Waals surface area contributed by atoms with Crippen LogP contribution in [0.3, 0.4) is 0 Å². The summed E-state index contributed by atoms with van der Waals surface area (Å²) in [4.78, 5) is 17.1. The van der Waals surface area contributed by atoms with Crippen LogP contribution in [0, 0.1) is 5.41 Å². The van der Waals surface area contributed by atoms with E-state index in [2.05, 4.69) is 54.3 Å². The summed E-state index contributed by atoms with van der Waals surface area (Å²) in [6.45, 7) is 10.2. The molecule has 0 bridgehead atoms. The molecule has 1 atom stereocenters. The van der Waals surface area contributed by atoms with Crippen molar-refractivity contribution in [3.05, 3.63) is 17.5 Å². The van der Waals surface area contributed by atoms with E-state index in [1.807, 2.05) is 11.9 Å². The number of nitrogens with zero attached hydrogens (tertiary/aromatic N) is 3. The highest BCUT2D eigenvalue weighted by Gasteiger charge is 2.46. The van der Waals surface area contributed by atoms with Crippen LogP contribution in [-0.2, 0) is 16.8 Å². The maximum absolute atomic E-state index is 13.0. The fourth-order valence-corrected chi connectivity index (χ4v) is 4.28. The summed E-state index contributed by atoms with van der Waals surface area (Å²) in [5.74, 6) is 0.227. The highest BCUT2D eigenvalue weighted by Crippen LogP contribution is 2.41. The first-order valence-electron chi connectivity index (χ1n) is 9.41. The first-order chi connectivity index (χ1) is 11.7. The Kier molecular flexibility index (Phi) is 4.95. The van der Waals surface area contributed by atoms with Gasteiger partial charge < -0.3 is 10.2 Å². The van der Waals surface area contributed by atoms with Crippen molar-refractivity contribution in [2.24, 2.45) is 5.41 Å². The fraction of sp³-hybridized carbons (Fsp3) is 0.789. The lowest BCUT2D eigenvalue weighted by atomic mass is 9.77. The van der Waals surface area contributed by atoms with E-state index in [4.69, 9.17) is 0 Å². The molecule has 0 aromatic carbocycles. The summed E-state index contributed by atoms with van der Waals surface area (Å²) in [6.07, 6.45) is 3.35. The molecule has 0 saturated carbocycles. The van der Waals surface area contributed by atoms with Gasteiger partial charge in [0.05, 0.1) is 24.0 Å². The SMILES string of the molecule is CN(Cc1cc(C(C)(C)C)n[nH]1)C(=O)[C@@H]1CC2(CCNCC2)CN1C. The Labute approximate surface area is 151 Å². The van der Waals surface area contributed by atoms with E-state index in [-0.39, 0.29) is 17.4 Å². The lowest BCUT2D eigenvalue weighted by Gasteiger charge is -2.33. The molecule has 1 aromatic rings. The fourth-order valence-electron chi connectivity index (χ4n) is 4.28. The molecule has 3 rings (SSSR count). The topological polar surface area (TPSA) is 64.3 Å². The third-order valence-electron chi connectivity index (χ3n) is 5.88. The molecule has 1 aromatic heterocycles. The van der Waals surface area contributed by atoms with E-state index >= 15 is 0 Å². The average Bonchev–Trinajstić information content (AvgIpc) is 3.12. The predicted octanol–water partition coefficient (Wildman–Crippen LogP) is 1.74. The summed E-state index contributed by atoms with van der Waals surface area (Å²) in [7, 11) is 4.00. The van der Waals surface area contributed by atoms with Gasteiger partial charge in [-0.05, 0) is 50.9 Å². The van der Waals surface area contributed by atoms with Crippen molar-refractivity contribution in [3.63, 3.8) is 0 Å². The van der Waals surface area contributed by atoms with Crippen LogP contribution >= 0.6 is 0 Å². The molecule has 1 spiro atoms. The number of likely N-dealkylation sites (N-methyl/N-ethyl adjacent to an activating group) is 2. The van der Waals surface area contributed by atoms with Gasteiger partial charge in [-0.15, -0.1) is 0 Å². The van der Waals surface area contributed by atoms with E-state index in [0.29, 0.717) is 12.0 Å². The molecular weight excluding hydrogens is 314 g/mol. The van der Waals surface area contributed by atoms with Gasteiger partial charge in [0.1, 0.15) is 0 Å². The van der Waals surface area contributed by atoms with E-state index in [1.165, 1.54) is 12.8 Å². The van der Waals surface area contributed by atoms with Gasteiger partial charge in [0, 0.05) is 19.0 Å². The largest absolute Gasteiger partial charge is 0.339 e. The maximum atomic E-state index is 13.0. The van der Waals surface area contributed by atoms with E-state index in [0.717, 1.165) is 37.4 Å². The van der Waals surface area contributed by atoms with Gasteiger partial charge >= 0.3 is 0 Å². The van der Waals surface area contributed by atoms with E-state index in [9.17, 15) is 4.79 Å². The summed E-state index contributed by atoms with van der Waals surface area (Å²) in [5, 5.41) is 10.9. The molecular formula is C19H33N5O. The number of carbonyl (C=O) groups is 1. The molecule has 1 amide bonds. The number of carbonyl (C=O) groups excluding carboxylic acids is 1. The summed E-state index contributed by atoms with van der Waals surface area (Å²) in [5.41, 5.74) is 2.38. The van der Waals surface area contributed by atoms with Crippen molar-refractivity contribution in [1.82, 2.24) is 25.3 Å². The zero-order valence-corrected chi connectivity index (χ0v) is 16.4. The zero-order chi connectivity index (χ0) is 18.2. The first-order valence-corrected chi connectivity index (χ1v) is 9.41. The van der Waals surface area contributed by atoms with Crippen molar-refractivity contribution in [1.29, 1.82) is 0 Å². The third-order valence-corrected chi connectivity index (χ3v) is 5.88. The first kappa shape index (κ1) is 18.4. The summed E-state index contributed by atoms with van der Waals surface area (Å²) < 4.78 is 0. The van der Waals surface area contributed by atoms with Crippen molar-refractivity contribution >= 4 is 5.91 Å². The molecule has 2 aliphatic rings. The number of likely N-dealkylation sites (tertiary alicyclic amines) is 1.